The number of thiazole rings is 1. The lowest BCUT2D eigenvalue weighted by Crippen LogP contribution is -2.47. The second kappa shape index (κ2) is 9.72. The fourth-order valence-corrected chi connectivity index (χ4v) is 5.42. The van der Waals surface area contributed by atoms with Gasteiger partial charge in [-0.3, -0.25) is 9.59 Å². The fourth-order valence-electron chi connectivity index (χ4n) is 4.34. The Hall–Kier alpha value is -3.23. The number of amides is 2. The molecule has 1 aliphatic heterocycles. The van der Waals surface area contributed by atoms with Crippen LogP contribution < -0.4 is 10.1 Å². The molecule has 172 valence electrons. The number of carbonyl (C=O) groups is 2. The third-order valence-electron chi connectivity index (χ3n) is 5.80. The average Bonchev–Trinajstić information content (AvgIpc) is 3.15. The standard InChI is InChI=1S/C25H27N3O4S/c1-15-23(33-16(2)26-15)22-21(24(29)27-17-8-7-9-18(14-17)32-4)19-10-5-6-11-20(19)25(30)28(22)12-13-31-3/h5-11,14,21-22H,12-13H2,1-4H3,(H,27,29). The number of rotatable bonds is 7. The molecular formula is C25H27N3O4S. The number of methoxy groups -OCH3 is 2. The molecule has 0 bridgehead atoms. The number of hydrogen-bond acceptors (Lipinski definition) is 6. The van der Waals surface area contributed by atoms with Crippen LogP contribution in [0.25, 0.3) is 0 Å². The quantitative estimate of drug-likeness (QED) is 0.562. The molecule has 2 unspecified atom stereocenters. The summed E-state index contributed by atoms with van der Waals surface area (Å²) < 4.78 is 10.6. The van der Waals surface area contributed by atoms with Gasteiger partial charge in [0.2, 0.25) is 5.91 Å². The molecule has 0 spiro atoms. The maximum Gasteiger partial charge on any atom is 0.254 e. The number of nitrogens with zero attached hydrogens (tertiary/aromatic N) is 2. The summed E-state index contributed by atoms with van der Waals surface area (Å²) in [4.78, 5) is 34.6. The summed E-state index contributed by atoms with van der Waals surface area (Å²) in [5.74, 6) is -0.260. The van der Waals surface area contributed by atoms with Gasteiger partial charge in [-0.2, -0.15) is 0 Å². The zero-order valence-electron chi connectivity index (χ0n) is 19.1. The number of hydrogen-bond donors (Lipinski definition) is 1. The van der Waals surface area contributed by atoms with Crippen LogP contribution in [0.2, 0.25) is 0 Å². The van der Waals surface area contributed by atoms with Gasteiger partial charge in [-0.25, -0.2) is 4.98 Å². The number of benzene rings is 2. The lowest BCUT2D eigenvalue weighted by Gasteiger charge is -2.41. The largest absolute Gasteiger partial charge is 0.497 e. The Balaban J connectivity index is 1.83. The first-order chi connectivity index (χ1) is 15.9. The van der Waals surface area contributed by atoms with E-state index < -0.39 is 12.0 Å². The minimum Gasteiger partial charge on any atom is -0.497 e. The highest BCUT2D eigenvalue weighted by atomic mass is 32.1. The van der Waals surface area contributed by atoms with Crippen molar-refractivity contribution in [3.63, 3.8) is 0 Å². The van der Waals surface area contributed by atoms with E-state index in [-0.39, 0.29) is 11.8 Å². The minimum atomic E-state index is -0.611. The maximum atomic E-state index is 13.8. The molecule has 0 saturated carbocycles. The molecule has 33 heavy (non-hydrogen) atoms. The summed E-state index contributed by atoms with van der Waals surface area (Å²) >= 11 is 1.52. The highest BCUT2D eigenvalue weighted by Crippen LogP contribution is 2.45. The van der Waals surface area contributed by atoms with Crippen LogP contribution in [0.4, 0.5) is 5.69 Å². The Morgan fingerprint density at radius 1 is 1.15 bits per heavy atom. The fraction of sp³-hybridized carbons (Fsp3) is 0.320. The highest BCUT2D eigenvalue weighted by Gasteiger charge is 2.45. The van der Waals surface area contributed by atoms with Crippen molar-refractivity contribution in [3.8, 4) is 5.75 Å². The Bertz CT molecular complexity index is 1180. The van der Waals surface area contributed by atoms with Gasteiger partial charge in [0.05, 0.1) is 41.3 Å². The van der Waals surface area contributed by atoms with E-state index >= 15 is 0 Å². The number of fused-ring (bicyclic) bond motifs is 1. The van der Waals surface area contributed by atoms with Gasteiger partial charge in [-0.15, -0.1) is 11.3 Å². The smallest absolute Gasteiger partial charge is 0.254 e. The second-order valence-corrected chi connectivity index (χ2v) is 9.14. The van der Waals surface area contributed by atoms with Crippen molar-refractivity contribution in [1.29, 1.82) is 0 Å². The van der Waals surface area contributed by atoms with Crippen LogP contribution in [0.3, 0.4) is 0 Å². The van der Waals surface area contributed by atoms with Crippen molar-refractivity contribution in [2.75, 3.05) is 32.7 Å². The summed E-state index contributed by atoms with van der Waals surface area (Å²) in [6.07, 6.45) is 0. The highest BCUT2D eigenvalue weighted by molar-refractivity contribution is 7.11. The van der Waals surface area contributed by atoms with Crippen LogP contribution in [-0.4, -0.2) is 49.1 Å². The van der Waals surface area contributed by atoms with Gasteiger partial charge in [0, 0.05) is 31.0 Å². The molecule has 8 heteroatoms. The lowest BCUT2D eigenvalue weighted by atomic mass is 9.81. The van der Waals surface area contributed by atoms with Crippen LogP contribution in [-0.2, 0) is 9.53 Å². The van der Waals surface area contributed by atoms with E-state index in [1.807, 2.05) is 50.2 Å². The van der Waals surface area contributed by atoms with E-state index in [0.29, 0.717) is 35.7 Å². The van der Waals surface area contributed by atoms with Crippen LogP contribution >= 0.6 is 11.3 Å². The van der Waals surface area contributed by atoms with E-state index in [4.69, 9.17) is 9.47 Å². The van der Waals surface area contributed by atoms with Crippen LogP contribution in [0, 0.1) is 13.8 Å². The third kappa shape index (κ3) is 4.49. The van der Waals surface area contributed by atoms with Gasteiger partial charge in [0.15, 0.2) is 0 Å². The van der Waals surface area contributed by atoms with Crippen molar-refractivity contribution < 1.29 is 19.1 Å². The number of nitrogens with one attached hydrogen (secondary N) is 1. The number of anilines is 1. The Labute approximate surface area is 197 Å². The van der Waals surface area contributed by atoms with E-state index in [1.54, 1.807) is 31.3 Å². The van der Waals surface area contributed by atoms with Gasteiger partial charge in [0.25, 0.3) is 5.91 Å². The molecule has 7 nitrogen and oxygen atoms in total. The van der Waals surface area contributed by atoms with Gasteiger partial charge < -0.3 is 19.7 Å². The van der Waals surface area contributed by atoms with Gasteiger partial charge in [-0.1, -0.05) is 24.3 Å². The normalized spacial score (nSPS) is 17.6. The summed E-state index contributed by atoms with van der Waals surface area (Å²) in [5, 5.41) is 3.94. The first kappa shape index (κ1) is 22.9. The molecule has 0 fully saturated rings. The number of aryl methyl sites for hydroxylation is 2. The van der Waals surface area contributed by atoms with Crippen molar-refractivity contribution in [2.45, 2.75) is 25.8 Å². The van der Waals surface area contributed by atoms with Crippen LogP contribution in [0.1, 0.15) is 43.5 Å². The summed E-state index contributed by atoms with van der Waals surface area (Å²) in [5.41, 5.74) is 2.71. The van der Waals surface area contributed by atoms with E-state index in [2.05, 4.69) is 10.3 Å². The number of aromatic nitrogens is 1. The molecule has 1 aromatic heterocycles. The molecule has 1 N–H and O–H groups in total. The Morgan fingerprint density at radius 2 is 1.94 bits per heavy atom. The first-order valence-corrected chi connectivity index (χ1v) is 11.5. The van der Waals surface area contributed by atoms with Crippen molar-refractivity contribution in [3.05, 3.63) is 75.2 Å². The zero-order valence-corrected chi connectivity index (χ0v) is 19.9. The predicted molar refractivity (Wildman–Crippen MR) is 128 cm³/mol. The van der Waals surface area contributed by atoms with Crippen LogP contribution in [0.5, 0.6) is 5.75 Å². The van der Waals surface area contributed by atoms with Crippen molar-refractivity contribution in [2.24, 2.45) is 0 Å². The van der Waals surface area contributed by atoms with Crippen molar-refractivity contribution in [1.82, 2.24) is 9.88 Å². The molecule has 1 aliphatic rings. The molecule has 3 aromatic rings. The van der Waals surface area contributed by atoms with Crippen LogP contribution in [0.15, 0.2) is 48.5 Å². The predicted octanol–water partition coefficient (Wildman–Crippen LogP) is 4.33. The topological polar surface area (TPSA) is 80.8 Å². The average molecular weight is 466 g/mol. The molecule has 2 heterocycles. The van der Waals surface area contributed by atoms with E-state index in [0.717, 1.165) is 15.6 Å². The summed E-state index contributed by atoms with van der Waals surface area (Å²) in [6, 6.07) is 14.1. The molecule has 4 rings (SSSR count). The lowest BCUT2D eigenvalue weighted by molar-refractivity contribution is -0.119. The SMILES string of the molecule is COCCN1C(=O)c2ccccc2C(C(=O)Nc2cccc(OC)c2)C1c1sc(C)nc1C. The van der Waals surface area contributed by atoms with E-state index in [9.17, 15) is 9.59 Å². The molecule has 0 aliphatic carbocycles. The molecular weight excluding hydrogens is 438 g/mol. The molecule has 2 amide bonds. The summed E-state index contributed by atoms with van der Waals surface area (Å²) in [6.45, 7) is 4.60. The number of carbonyl (C=O) groups excluding carboxylic acids is 2. The monoisotopic (exact) mass is 465 g/mol. The molecule has 2 atom stereocenters. The first-order valence-electron chi connectivity index (χ1n) is 10.7. The Morgan fingerprint density at radius 3 is 2.64 bits per heavy atom. The Kier molecular flexibility index (Phi) is 6.76. The third-order valence-corrected chi connectivity index (χ3v) is 6.95. The molecule has 0 saturated heterocycles. The minimum absolute atomic E-state index is 0.108. The van der Waals surface area contributed by atoms with E-state index in [1.165, 1.54) is 11.3 Å². The van der Waals surface area contributed by atoms with Gasteiger partial charge >= 0.3 is 0 Å². The summed E-state index contributed by atoms with van der Waals surface area (Å²) in [7, 11) is 3.19. The second-order valence-electron chi connectivity index (χ2n) is 7.90. The van der Waals surface area contributed by atoms with Crippen molar-refractivity contribution >= 4 is 28.8 Å². The van der Waals surface area contributed by atoms with Gasteiger partial charge in [-0.05, 0) is 37.6 Å². The van der Waals surface area contributed by atoms with Gasteiger partial charge in [0.1, 0.15) is 5.75 Å². The maximum absolute atomic E-state index is 13.8. The molecule has 2 aromatic carbocycles. The molecule has 0 radical (unpaired) electrons. The number of ether oxygens (including phenoxy) is 2. The zero-order chi connectivity index (χ0) is 23.5.